The number of hydrogen-bond acceptors (Lipinski definition) is 10. The summed E-state index contributed by atoms with van der Waals surface area (Å²) in [5, 5.41) is 13.2. The molecular weight excluding hydrogens is 1090 g/mol. The SMILES string of the molecule is Cc1cccc(F)c1NC(=O)c1cc2c(s1)-c1ccccc1N(C(=O)c1cccc(-c3cn[nH]c3C3CC3c3cc(C)c(NC(=O)c4cc5c(s4)-c4ccccc4N(C(=O)c4cccc(-c6cnc(C)n6C6CC6)n4)CC5)c(F)c3)n1)CC2. The van der Waals surface area contributed by atoms with Crippen molar-refractivity contribution < 1.29 is 28.0 Å². The highest BCUT2D eigenvalue weighted by Gasteiger charge is 2.43. The number of fused-ring (bicyclic) bond motifs is 6. The highest BCUT2D eigenvalue weighted by molar-refractivity contribution is 7.18. The third kappa shape index (κ3) is 9.40. The molecule has 2 atom stereocenters. The predicted molar refractivity (Wildman–Crippen MR) is 319 cm³/mol. The molecular formula is C65H52F2N10O4S2. The number of para-hydroxylation sites is 3. The summed E-state index contributed by atoms with van der Waals surface area (Å²) in [5.41, 5.74) is 11.5. The number of pyridine rings is 2. The number of hydrogen-bond donors (Lipinski definition) is 3. The standard InChI is InChI=1S/C65H52F2N10O4S2/c1-34-11-8-14-46(66)57(34)72-62(78)55-29-37-23-25-75(52-19-6-4-12-41(52)60(37)82-55)64(80)50-17-9-15-48(70-50)45-32-69-74-59(45)44-31-43(44)39-27-35(2)58(47(67)28-39)73-63(79)56-30-38-24-26-76(53-20-7-5-13-42(53)61(38)83-56)65(81)51-18-10-16-49(71-51)54-33-68-36(3)77(54)40-21-22-40/h4-20,27-30,32-33,40,43-44H,21-26,31H2,1-3H3,(H,69,74)(H,72,78)(H,73,79). The van der Waals surface area contributed by atoms with Crippen molar-refractivity contribution in [2.24, 2.45) is 0 Å². The van der Waals surface area contributed by atoms with Crippen LogP contribution in [0, 0.1) is 32.4 Å². The first-order chi connectivity index (χ1) is 40.3. The molecule has 6 aromatic heterocycles. The second-order valence-electron chi connectivity index (χ2n) is 21.7. The fourth-order valence-corrected chi connectivity index (χ4v) is 14.2. The molecule has 14 rings (SSSR count). The molecule has 83 heavy (non-hydrogen) atoms. The highest BCUT2D eigenvalue weighted by atomic mass is 32.1. The molecule has 18 heteroatoms. The molecule has 4 amide bonds. The van der Waals surface area contributed by atoms with Gasteiger partial charge < -0.3 is 25.0 Å². The second-order valence-corrected chi connectivity index (χ2v) is 23.8. The number of imidazole rings is 1. The number of aryl methyl sites for hydroxylation is 3. The molecule has 8 heterocycles. The Morgan fingerprint density at radius 2 is 1.18 bits per heavy atom. The third-order valence-electron chi connectivity index (χ3n) is 16.3. The van der Waals surface area contributed by atoms with Crippen molar-refractivity contribution in [1.29, 1.82) is 0 Å². The maximum atomic E-state index is 16.4. The van der Waals surface area contributed by atoms with Gasteiger partial charge in [-0.3, -0.25) is 24.3 Å². The first-order valence-electron chi connectivity index (χ1n) is 27.6. The number of H-pyrrole nitrogens is 1. The molecule has 2 saturated carbocycles. The number of thiophene rings is 2. The van der Waals surface area contributed by atoms with Crippen LogP contribution in [-0.2, 0) is 12.8 Å². The molecule has 2 fully saturated rings. The van der Waals surface area contributed by atoms with E-state index in [0.29, 0.717) is 75.6 Å². The molecule has 2 aliphatic heterocycles. The van der Waals surface area contributed by atoms with Gasteiger partial charge >= 0.3 is 0 Å². The van der Waals surface area contributed by atoms with E-state index >= 15 is 4.39 Å². The molecule has 2 unspecified atom stereocenters. The van der Waals surface area contributed by atoms with Crippen LogP contribution >= 0.6 is 22.7 Å². The number of nitrogens with zero attached hydrogens (tertiary/aromatic N) is 7. The van der Waals surface area contributed by atoms with Crippen molar-refractivity contribution in [3.05, 3.63) is 212 Å². The number of amides is 4. The van der Waals surface area contributed by atoms with Crippen LogP contribution in [0.25, 0.3) is 43.5 Å². The Hall–Kier alpha value is -9.26. The van der Waals surface area contributed by atoms with Gasteiger partial charge in [-0.05, 0) is 147 Å². The molecule has 14 nitrogen and oxygen atoms in total. The smallest absolute Gasteiger partial charge is 0.276 e. The first-order valence-corrected chi connectivity index (χ1v) is 29.3. The minimum atomic E-state index is -0.537. The minimum absolute atomic E-state index is 0.0314. The number of aromatic amines is 1. The summed E-state index contributed by atoms with van der Waals surface area (Å²) in [6.07, 6.45) is 7.42. The fraction of sp³-hybridized carbons (Fsp3) is 0.200. The van der Waals surface area contributed by atoms with Gasteiger partial charge in [0.05, 0.1) is 62.0 Å². The van der Waals surface area contributed by atoms with Gasteiger partial charge in [0.2, 0.25) is 0 Å². The monoisotopic (exact) mass is 1140 g/mol. The zero-order valence-electron chi connectivity index (χ0n) is 45.3. The Morgan fingerprint density at radius 3 is 1.78 bits per heavy atom. The van der Waals surface area contributed by atoms with Crippen molar-refractivity contribution in [2.75, 3.05) is 33.5 Å². The Balaban J connectivity index is 0.653. The van der Waals surface area contributed by atoms with Crippen LogP contribution in [-0.4, -0.2) is 66.4 Å². The molecule has 4 aliphatic rings. The average Bonchev–Trinajstić information content (AvgIpc) is 3.46. The van der Waals surface area contributed by atoms with E-state index in [1.54, 1.807) is 60.2 Å². The number of anilines is 4. The largest absolute Gasteiger partial charge is 0.324 e. The third-order valence-corrected chi connectivity index (χ3v) is 18.7. The van der Waals surface area contributed by atoms with Crippen LogP contribution in [0.5, 0.6) is 0 Å². The molecule has 0 saturated heterocycles. The van der Waals surface area contributed by atoms with Crippen molar-refractivity contribution in [3.8, 4) is 43.5 Å². The number of rotatable bonds is 11. The fourth-order valence-electron chi connectivity index (χ4n) is 11.9. The lowest BCUT2D eigenvalue weighted by atomic mass is 10.0. The number of halogens is 2. The van der Waals surface area contributed by atoms with E-state index in [0.717, 1.165) is 85.3 Å². The van der Waals surface area contributed by atoms with E-state index in [-0.39, 0.29) is 40.7 Å². The summed E-state index contributed by atoms with van der Waals surface area (Å²) in [6, 6.07) is 38.4. The number of aromatic nitrogens is 6. The summed E-state index contributed by atoms with van der Waals surface area (Å²) < 4.78 is 33.2. The maximum absolute atomic E-state index is 16.4. The van der Waals surface area contributed by atoms with E-state index in [4.69, 9.17) is 9.97 Å². The van der Waals surface area contributed by atoms with E-state index in [2.05, 4.69) is 30.4 Å². The number of nitrogens with one attached hydrogen (secondary N) is 3. The molecule has 2 aliphatic carbocycles. The zero-order valence-corrected chi connectivity index (χ0v) is 46.9. The molecule has 0 bridgehead atoms. The van der Waals surface area contributed by atoms with E-state index in [1.165, 1.54) is 34.8 Å². The van der Waals surface area contributed by atoms with E-state index in [1.807, 2.05) is 98.0 Å². The van der Waals surface area contributed by atoms with Crippen LogP contribution in [0.1, 0.15) is 117 Å². The summed E-state index contributed by atoms with van der Waals surface area (Å²) in [6.45, 7) is 6.23. The Morgan fingerprint density at radius 1 is 0.602 bits per heavy atom. The molecule has 412 valence electrons. The second kappa shape index (κ2) is 20.6. The van der Waals surface area contributed by atoms with Gasteiger partial charge in [0.1, 0.15) is 28.8 Å². The number of carbonyl (C=O) groups is 4. The van der Waals surface area contributed by atoms with Gasteiger partial charge in [-0.25, -0.2) is 23.7 Å². The van der Waals surface area contributed by atoms with Crippen LogP contribution < -0.4 is 20.4 Å². The van der Waals surface area contributed by atoms with E-state index in [9.17, 15) is 23.6 Å². The van der Waals surface area contributed by atoms with Crippen molar-refractivity contribution in [1.82, 2.24) is 29.7 Å². The first kappa shape index (κ1) is 51.9. The average molecular weight is 1140 g/mol. The Kier molecular flexibility index (Phi) is 12.9. The van der Waals surface area contributed by atoms with Gasteiger partial charge in [-0.15, -0.1) is 22.7 Å². The topological polar surface area (TPSA) is 171 Å². The Bertz CT molecular complexity index is 4280. The number of benzene rings is 4. The van der Waals surface area contributed by atoms with Crippen molar-refractivity contribution in [3.63, 3.8) is 0 Å². The Labute approximate surface area is 483 Å². The summed E-state index contributed by atoms with van der Waals surface area (Å²) in [5.74, 6) is -1.50. The van der Waals surface area contributed by atoms with Crippen LogP contribution in [0.2, 0.25) is 0 Å². The molecule has 3 N–H and O–H groups in total. The van der Waals surface area contributed by atoms with E-state index < -0.39 is 23.4 Å². The highest BCUT2D eigenvalue weighted by Crippen LogP contribution is 2.56. The van der Waals surface area contributed by atoms with Crippen molar-refractivity contribution >= 4 is 69.1 Å². The minimum Gasteiger partial charge on any atom is -0.324 e. The molecule has 4 aromatic carbocycles. The summed E-state index contributed by atoms with van der Waals surface area (Å²) in [4.78, 5) is 76.9. The van der Waals surface area contributed by atoms with Gasteiger partial charge in [0.25, 0.3) is 23.6 Å². The summed E-state index contributed by atoms with van der Waals surface area (Å²) >= 11 is 2.63. The lowest BCUT2D eigenvalue weighted by molar-refractivity contribution is 0.0975. The van der Waals surface area contributed by atoms with Gasteiger partial charge in [0, 0.05) is 57.2 Å². The molecule has 0 spiro atoms. The van der Waals surface area contributed by atoms with Crippen LogP contribution in [0.3, 0.4) is 0 Å². The normalized spacial score (nSPS) is 16.0. The predicted octanol–water partition coefficient (Wildman–Crippen LogP) is 13.9. The van der Waals surface area contributed by atoms with Crippen molar-refractivity contribution in [2.45, 2.75) is 70.8 Å². The maximum Gasteiger partial charge on any atom is 0.276 e. The molecule has 10 aromatic rings. The molecule has 0 radical (unpaired) electrons. The lowest BCUT2D eigenvalue weighted by Crippen LogP contribution is -2.33. The van der Waals surface area contributed by atoms with Gasteiger partial charge in [0.15, 0.2) is 0 Å². The summed E-state index contributed by atoms with van der Waals surface area (Å²) in [7, 11) is 0. The zero-order chi connectivity index (χ0) is 56.8. The quantitative estimate of drug-likeness (QED) is 0.115. The number of carbonyl (C=O) groups excluding carboxylic acids is 4. The van der Waals surface area contributed by atoms with Crippen LogP contribution in [0.4, 0.5) is 31.5 Å². The van der Waals surface area contributed by atoms with Crippen LogP contribution in [0.15, 0.2) is 140 Å². The van der Waals surface area contributed by atoms with Gasteiger partial charge in [-0.1, -0.05) is 66.7 Å². The van der Waals surface area contributed by atoms with Gasteiger partial charge in [-0.2, -0.15) is 5.10 Å². The lowest BCUT2D eigenvalue weighted by Gasteiger charge is -2.23.